The van der Waals surface area contributed by atoms with E-state index < -0.39 is 0 Å². The molecule has 0 saturated heterocycles. The van der Waals surface area contributed by atoms with E-state index in [0.717, 1.165) is 16.3 Å². The molecule has 0 unspecified atom stereocenters. The molecule has 0 aliphatic heterocycles. The molecule has 0 atom stereocenters. The molecule has 2 heterocycles. The van der Waals surface area contributed by atoms with Crippen molar-refractivity contribution in [3.05, 3.63) is 48.9 Å². The van der Waals surface area contributed by atoms with Gasteiger partial charge in [-0.1, -0.05) is 6.07 Å². The lowest BCUT2D eigenvalue weighted by Gasteiger charge is -1.99. The van der Waals surface area contributed by atoms with E-state index in [4.69, 9.17) is 0 Å². The summed E-state index contributed by atoms with van der Waals surface area (Å²) in [6.07, 6.45) is 6.49. The molecule has 0 saturated carbocycles. The molecule has 3 aromatic rings. The zero-order chi connectivity index (χ0) is 9.38. The number of fused-ring (bicyclic) bond motifs is 2. The lowest BCUT2D eigenvalue weighted by molar-refractivity contribution is 1.36. The van der Waals surface area contributed by atoms with Crippen molar-refractivity contribution in [1.29, 1.82) is 0 Å². The lowest BCUT2D eigenvalue weighted by atomic mass is 10.1. The van der Waals surface area contributed by atoms with Gasteiger partial charge in [0.05, 0.1) is 11.7 Å². The van der Waals surface area contributed by atoms with Crippen molar-refractivity contribution in [3.8, 4) is 0 Å². The van der Waals surface area contributed by atoms with E-state index in [9.17, 15) is 0 Å². The molecule has 1 radical (unpaired) electrons. The van der Waals surface area contributed by atoms with E-state index in [1.54, 1.807) is 6.20 Å². The average molecular weight is 179 g/mol. The first-order valence-corrected chi connectivity index (χ1v) is 4.44. The number of nitrogens with zero attached hydrogens (tertiary/aromatic N) is 2. The minimum Gasteiger partial charge on any atom is -0.264 e. The molecule has 65 valence electrons. The smallest absolute Gasteiger partial charge is 0.0894 e. The van der Waals surface area contributed by atoms with Crippen LogP contribution in [0.1, 0.15) is 0 Å². The van der Waals surface area contributed by atoms with Crippen molar-refractivity contribution in [2.24, 2.45) is 0 Å². The number of hydrogen-bond donors (Lipinski definition) is 0. The largest absolute Gasteiger partial charge is 0.264 e. The molecule has 2 heteroatoms. The maximum atomic E-state index is 4.19. The SMILES string of the molecule is [c]1ccc2cc3cnccc3cc2n1. The number of benzene rings is 1. The van der Waals surface area contributed by atoms with Crippen LogP contribution < -0.4 is 0 Å². The Labute approximate surface area is 81.2 Å². The molecular formula is C12H7N2. The van der Waals surface area contributed by atoms with Crippen LogP contribution in [0.4, 0.5) is 0 Å². The molecular weight excluding hydrogens is 172 g/mol. The van der Waals surface area contributed by atoms with Crippen molar-refractivity contribution in [2.45, 2.75) is 0 Å². The van der Waals surface area contributed by atoms with Gasteiger partial charge in [-0.2, -0.15) is 0 Å². The summed E-state index contributed by atoms with van der Waals surface area (Å²) in [5.74, 6) is 0. The van der Waals surface area contributed by atoms with Crippen molar-refractivity contribution in [1.82, 2.24) is 9.97 Å². The third-order valence-electron chi connectivity index (χ3n) is 2.31. The van der Waals surface area contributed by atoms with Crippen molar-refractivity contribution in [3.63, 3.8) is 0 Å². The van der Waals surface area contributed by atoms with Gasteiger partial charge >= 0.3 is 0 Å². The van der Waals surface area contributed by atoms with Crippen molar-refractivity contribution >= 4 is 21.7 Å². The average Bonchev–Trinajstić information content (AvgIpc) is 2.26. The number of pyridine rings is 2. The van der Waals surface area contributed by atoms with Gasteiger partial charge in [-0.25, -0.2) is 4.98 Å². The zero-order valence-corrected chi connectivity index (χ0v) is 7.44. The topological polar surface area (TPSA) is 25.8 Å². The van der Waals surface area contributed by atoms with Gasteiger partial charge in [-0.3, -0.25) is 4.98 Å². The highest BCUT2D eigenvalue weighted by molar-refractivity contribution is 5.95. The molecule has 3 rings (SSSR count). The molecule has 0 bridgehead atoms. The van der Waals surface area contributed by atoms with Crippen molar-refractivity contribution < 1.29 is 0 Å². The highest BCUT2D eigenvalue weighted by Crippen LogP contribution is 2.19. The first-order valence-electron chi connectivity index (χ1n) is 4.44. The van der Waals surface area contributed by atoms with Gasteiger partial charge < -0.3 is 0 Å². The minimum absolute atomic E-state index is 0.978. The maximum Gasteiger partial charge on any atom is 0.0894 e. The third-order valence-corrected chi connectivity index (χ3v) is 2.31. The van der Waals surface area contributed by atoms with Crippen LogP contribution in [0, 0.1) is 6.20 Å². The van der Waals surface area contributed by atoms with Crippen LogP contribution in [0.25, 0.3) is 21.7 Å². The Morgan fingerprint density at radius 2 is 2.00 bits per heavy atom. The van der Waals surface area contributed by atoms with Gasteiger partial charge in [0.15, 0.2) is 0 Å². The normalized spacial score (nSPS) is 10.9. The minimum atomic E-state index is 0.978. The van der Waals surface area contributed by atoms with Crippen LogP contribution in [-0.2, 0) is 0 Å². The third kappa shape index (κ3) is 1.04. The van der Waals surface area contributed by atoms with Crippen LogP contribution in [0.5, 0.6) is 0 Å². The fourth-order valence-corrected chi connectivity index (χ4v) is 1.61. The summed E-state index contributed by atoms with van der Waals surface area (Å²) in [5.41, 5.74) is 0.978. The Morgan fingerprint density at radius 1 is 1.00 bits per heavy atom. The quantitative estimate of drug-likeness (QED) is 0.496. The molecule has 2 aromatic heterocycles. The molecule has 2 nitrogen and oxygen atoms in total. The summed E-state index contributed by atoms with van der Waals surface area (Å²) < 4.78 is 0. The molecule has 14 heavy (non-hydrogen) atoms. The monoisotopic (exact) mass is 179 g/mol. The zero-order valence-electron chi connectivity index (χ0n) is 7.44. The first kappa shape index (κ1) is 7.44. The highest BCUT2D eigenvalue weighted by atomic mass is 14.6. The second kappa shape index (κ2) is 2.77. The van der Waals surface area contributed by atoms with Crippen molar-refractivity contribution in [2.75, 3.05) is 0 Å². The number of aromatic nitrogens is 2. The Bertz CT molecular complexity index is 497. The van der Waals surface area contributed by atoms with Gasteiger partial charge in [0.1, 0.15) is 0 Å². The van der Waals surface area contributed by atoms with Crippen LogP contribution in [0.2, 0.25) is 0 Å². The van der Waals surface area contributed by atoms with E-state index in [0.29, 0.717) is 0 Å². The van der Waals surface area contributed by atoms with E-state index in [1.807, 2.05) is 24.4 Å². The van der Waals surface area contributed by atoms with Crippen LogP contribution in [0.15, 0.2) is 42.7 Å². The molecule has 1 aromatic carbocycles. The Hall–Kier alpha value is -1.96. The second-order valence-corrected chi connectivity index (χ2v) is 3.21. The summed E-state index contributed by atoms with van der Waals surface area (Å²) in [6.45, 7) is 0. The molecule has 0 spiro atoms. The molecule has 0 fully saturated rings. The van der Waals surface area contributed by atoms with Gasteiger partial charge in [-0.05, 0) is 29.7 Å². The summed E-state index contributed by atoms with van der Waals surface area (Å²) in [5, 5.41) is 3.44. The summed E-state index contributed by atoms with van der Waals surface area (Å²) in [4.78, 5) is 8.28. The standard InChI is InChI=1S/C12H7N2/c1-2-10-6-11-8-13-5-3-9(11)7-12(10)14-4-1/h1-3,5-8H. The molecule has 0 amide bonds. The molecule has 0 N–H and O–H groups in total. The van der Waals surface area contributed by atoms with Crippen LogP contribution >= 0.6 is 0 Å². The highest BCUT2D eigenvalue weighted by Gasteiger charge is 1.97. The van der Waals surface area contributed by atoms with E-state index in [1.165, 1.54) is 5.39 Å². The van der Waals surface area contributed by atoms with E-state index >= 15 is 0 Å². The Morgan fingerprint density at radius 3 is 3.00 bits per heavy atom. The fraction of sp³-hybridized carbons (Fsp3) is 0. The Balaban J connectivity index is 2.52. The number of rotatable bonds is 0. The lowest BCUT2D eigenvalue weighted by Crippen LogP contribution is -1.80. The van der Waals surface area contributed by atoms with E-state index in [-0.39, 0.29) is 0 Å². The van der Waals surface area contributed by atoms with Gasteiger partial charge in [0.25, 0.3) is 0 Å². The molecule has 0 aliphatic rings. The maximum absolute atomic E-state index is 4.19. The van der Waals surface area contributed by atoms with Gasteiger partial charge in [0, 0.05) is 23.2 Å². The summed E-state index contributed by atoms with van der Waals surface area (Å²) in [7, 11) is 0. The van der Waals surface area contributed by atoms with E-state index in [2.05, 4.69) is 28.3 Å². The van der Waals surface area contributed by atoms with Crippen LogP contribution in [0.3, 0.4) is 0 Å². The fourth-order valence-electron chi connectivity index (χ4n) is 1.61. The first-order chi connectivity index (χ1) is 6.93. The second-order valence-electron chi connectivity index (χ2n) is 3.21. The predicted octanol–water partition coefficient (Wildman–Crippen LogP) is 2.58. The summed E-state index contributed by atoms with van der Waals surface area (Å²) in [6, 6.07) is 9.98. The van der Waals surface area contributed by atoms with Crippen LogP contribution in [-0.4, -0.2) is 9.97 Å². The predicted molar refractivity (Wildman–Crippen MR) is 55.9 cm³/mol. The van der Waals surface area contributed by atoms with Gasteiger partial charge in [-0.15, -0.1) is 0 Å². The summed E-state index contributed by atoms with van der Waals surface area (Å²) >= 11 is 0. The van der Waals surface area contributed by atoms with Gasteiger partial charge in [0.2, 0.25) is 0 Å². The number of hydrogen-bond acceptors (Lipinski definition) is 2. The Kier molecular flexibility index (Phi) is 1.47. The molecule has 0 aliphatic carbocycles.